The highest BCUT2D eigenvalue weighted by Gasteiger charge is 2.22. The van der Waals surface area contributed by atoms with Crippen LogP contribution in [-0.4, -0.2) is 42.3 Å². The molecule has 0 atom stereocenters. The van der Waals surface area contributed by atoms with E-state index in [0.29, 0.717) is 17.5 Å². The quantitative estimate of drug-likeness (QED) is 0.811. The minimum Gasteiger partial charge on any atom is -0.312 e. The molecule has 6 heteroatoms. The van der Waals surface area contributed by atoms with Crippen molar-refractivity contribution in [1.82, 2.24) is 15.1 Å². The first-order valence-electron chi connectivity index (χ1n) is 5.57. The molecule has 1 aliphatic heterocycles. The summed E-state index contributed by atoms with van der Waals surface area (Å²) in [6, 6.07) is 2.24. The van der Waals surface area contributed by atoms with Crippen LogP contribution in [-0.2, 0) is 16.4 Å². The van der Waals surface area contributed by atoms with Crippen LogP contribution in [0.1, 0.15) is 12.8 Å². The molecule has 1 N–H and O–H groups in total. The number of aromatic nitrogens is 2. The van der Waals surface area contributed by atoms with Gasteiger partial charge in [-0.2, -0.15) is 5.10 Å². The molecule has 0 bridgehead atoms. The predicted octanol–water partition coefficient (Wildman–Crippen LogP) is 0.0499. The number of sulfone groups is 1. The highest BCUT2D eigenvalue weighted by molar-refractivity contribution is 7.91. The smallest absolute Gasteiger partial charge is 0.150 e. The minimum atomic E-state index is -2.74. The Hall–Kier alpha value is -0.880. The fourth-order valence-corrected chi connectivity index (χ4v) is 3.40. The molecule has 2 rings (SSSR count). The SMILES string of the molecule is O=S1(=O)CCC(NCCn2cccn2)CC1. The van der Waals surface area contributed by atoms with Gasteiger partial charge in [0.2, 0.25) is 0 Å². The molecule has 0 unspecified atom stereocenters. The topological polar surface area (TPSA) is 64.0 Å². The number of nitrogens with one attached hydrogen (secondary N) is 1. The van der Waals surface area contributed by atoms with E-state index >= 15 is 0 Å². The van der Waals surface area contributed by atoms with Gasteiger partial charge in [0.05, 0.1) is 18.1 Å². The van der Waals surface area contributed by atoms with Crippen LogP contribution in [0.2, 0.25) is 0 Å². The number of hydrogen-bond donors (Lipinski definition) is 1. The Morgan fingerprint density at radius 2 is 2.12 bits per heavy atom. The van der Waals surface area contributed by atoms with Crippen molar-refractivity contribution >= 4 is 9.84 Å². The zero-order chi connectivity index (χ0) is 11.4. The van der Waals surface area contributed by atoms with Gasteiger partial charge in [0, 0.05) is 25.0 Å². The fraction of sp³-hybridized carbons (Fsp3) is 0.700. The highest BCUT2D eigenvalue weighted by Crippen LogP contribution is 2.11. The molecule has 1 aromatic rings. The van der Waals surface area contributed by atoms with Gasteiger partial charge in [-0.05, 0) is 18.9 Å². The minimum absolute atomic E-state index is 0.326. The van der Waals surface area contributed by atoms with Gasteiger partial charge in [0.1, 0.15) is 9.84 Å². The maximum atomic E-state index is 11.2. The largest absolute Gasteiger partial charge is 0.312 e. The predicted molar refractivity (Wildman–Crippen MR) is 61.9 cm³/mol. The van der Waals surface area contributed by atoms with Crippen molar-refractivity contribution in [1.29, 1.82) is 0 Å². The van der Waals surface area contributed by atoms with Crippen LogP contribution in [0.4, 0.5) is 0 Å². The normalized spacial score (nSPS) is 21.0. The average Bonchev–Trinajstić information content (AvgIpc) is 2.73. The van der Waals surface area contributed by atoms with E-state index in [4.69, 9.17) is 0 Å². The second-order valence-electron chi connectivity index (χ2n) is 4.15. The van der Waals surface area contributed by atoms with Gasteiger partial charge in [-0.3, -0.25) is 4.68 Å². The molecule has 5 nitrogen and oxygen atoms in total. The fourth-order valence-electron chi connectivity index (χ4n) is 1.91. The summed E-state index contributed by atoms with van der Waals surface area (Å²) in [5.74, 6) is 0.652. The molecule has 1 saturated heterocycles. The van der Waals surface area contributed by atoms with Crippen molar-refractivity contribution in [2.75, 3.05) is 18.1 Å². The lowest BCUT2D eigenvalue weighted by Gasteiger charge is -2.23. The first-order valence-corrected chi connectivity index (χ1v) is 7.39. The molecule has 1 fully saturated rings. The Kier molecular flexibility index (Phi) is 3.60. The van der Waals surface area contributed by atoms with Gasteiger partial charge in [-0.25, -0.2) is 8.42 Å². The van der Waals surface area contributed by atoms with E-state index in [1.165, 1.54) is 0 Å². The molecular weight excluding hydrogens is 226 g/mol. The molecule has 1 aromatic heterocycles. The van der Waals surface area contributed by atoms with E-state index in [9.17, 15) is 8.42 Å². The standard InChI is InChI=1S/C10H17N3O2S/c14-16(15)8-2-10(3-9-16)11-5-7-13-6-1-4-12-13/h1,4,6,10-11H,2-3,5,7-9H2. The number of rotatable bonds is 4. The third-order valence-corrected chi connectivity index (χ3v) is 4.60. The Balaban J connectivity index is 1.68. The molecule has 0 amide bonds. The number of hydrogen-bond acceptors (Lipinski definition) is 4. The van der Waals surface area contributed by atoms with Gasteiger partial charge in [-0.1, -0.05) is 0 Å². The first kappa shape index (κ1) is 11.6. The van der Waals surface area contributed by atoms with E-state index in [2.05, 4.69) is 10.4 Å². The molecule has 0 aliphatic carbocycles. The molecule has 90 valence electrons. The van der Waals surface area contributed by atoms with E-state index in [1.54, 1.807) is 6.20 Å². The van der Waals surface area contributed by atoms with Gasteiger partial charge in [0.15, 0.2) is 0 Å². The maximum Gasteiger partial charge on any atom is 0.150 e. The third kappa shape index (κ3) is 3.31. The van der Waals surface area contributed by atoms with E-state index in [0.717, 1.165) is 25.9 Å². The van der Waals surface area contributed by atoms with Gasteiger partial charge >= 0.3 is 0 Å². The lowest BCUT2D eigenvalue weighted by atomic mass is 10.1. The Labute approximate surface area is 95.8 Å². The molecule has 1 aliphatic rings. The monoisotopic (exact) mass is 243 g/mol. The Bertz CT molecular complexity index is 399. The van der Waals surface area contributed by atoms with Crippen molar-refractivity contribution in [3.05, 3.63) is 18.5 Å². The lowest BCUT2D eigenvalue weighted by molar-refractivity contribution is 0.441. The summed E-state index contributed by atoms with van der Waals surface area (Å²) < 4.78 is 24.3. The first-order chi connectivity index (χ1) is 7.66. The summed E-state index contributed by atoms with van der Waals surface area (Å²) in [5, 5.41) is 7.48. The second-order valence-corrected chi connectivity index (χ2v) is 6.45. The molecule has 2 heterocycles. The summed E-state index contributed by atoms with van der Waals surface area (Å²) in [5.41, 5.74) is 0. The van der Waals surface area contributed by atoms with Crippen molar-refractivity contribution in [3.8, 4) is 0 Å². The summed E-state index contributed by atoms with van der Waals surface area (Å²) in [7, 11) is -2.74. The average molecular weight is 243 g/mol. The highest BCUT2D eigenvalue weighted by atomic mass is 32.2. The van der Waals surface area contributed by atoms with Crippen LogP contribution in [0, 0.1) is 0 Å². The maximum absolute atomic E-state index is 11.2. The van der Waals surface area contributed by atoms with E-state index < -0.39 is 9.84 Å². The molecule has 0 saturated carbocycles. The lowest BCUT2D eigenvalue weighted by Crippen LogP contribution is -2.38. The summed E-state index contributed by atoms with van der Waals surface area (Å²) in [6.07, 6.45) is 5.16. The molecular formula is C10H17N3O2S. The zero-order valence-electron chi connectivity index (χ0n) is 9.17. The summed E-state index contributed by atoms with van der Waals surface area (Å²) >= 11 is 0. The van der Waals surface area contributed by atoms with Crippen LogP contribution >= 0.6 is 0 Å². The molecule has 16 heavy (non-hydrogen) atoms. The van der Waals surface area contributed by atoms with E-state index in [-0.39, 0.29) is 0 Å². The summed E-state index contributed by atoms with van der Waals surface area (Å²) in [4.78, 5) is 0. The van der Waals surface area contributed by atoms with Crippen LogP contribution in [0.3, 0.4) is 0 Å². The third-order valence-electron chi connectivity index (χ3n) is 2.89. The zero-order valence-corrected chi connectivity index (χ0v) is 9.99. The van der Waals surface area contributed by atoms with Crippen molar-refractivity contribution < 1.29 is 8.42 Å². The second kappa shape index (κ2) is 4.97. The van der Waals surface area contributed by atoms with Crippen molar-refractivity contribution in [2.24, 2.45) is 0 Å². The molecule has 0 spiro atoms. The van der Waals surface area contributed by atoms with Gasteiger partial charge in [0.25, 0.3) is 0 Å². The van der Waals surface area contributed by atoms with E-state index in [1.807, 2.05) is 16.9 Å². The van der Waals surface area contributed by atoms with Crippen LogP contribution in [0.15, 0.2) is 18.5 Å². The van der Waals surface area contributed by atoms with Crippen molar-refractivity contribution in [3.63, 3.8) is 0 Å². The van der Waals surface area contributed by atoms with Crippen LogP contribution in [0.25, 0.3) is 0 Å². The number of nitrogens with zero attached hydrogens (tertiary/aromatic N) is 2. The van der Waals surface area contributed by atoms with Crippen molar-refractivity contribution in [2.45, 2.75) is 25.4 Å². The van der Waals surface area contributed by atoms with Gasteiger partial charge in [-0.15, -0.1) is 0 Å². The Morgan fingerprint density at radius 1 is 1.38 bits per heavy atom. The summed E-state index contributed by atoms with van der Waals surface area (Å²) in [6.45, 7) is 1.67. The van der Waals surface area contributed by atoms with Gasteiger partial charge < -0.3 is 5.32 Å². The molecule has 0 aromatic carbocycles. The Morgan fingerprint density at radius 3 is 2.75 bits per heavy atom. The van der Waals surface area contributed by atoms with Crippen LogP contribution in [0.5, 0.6) is 0 Å². The van der Waals surface area contributed by atoms with Crippen LogP contribution < -0.4 is 5.32 Å². The molecule has 0 radical (unpaired) electrons.